The number of imide groups is 1. The number of carbonyl (C=O) groups is 3. The van der Waals surface area contributed by atoms with Gasteiger partial charge in [0.2, 0.25) is 0 Å². The first-order chi connectivity index (χ1) is 16.7. The molecule has 0 spiro atoms. The minimum Gasteiger partial charge on any atom is -0.493 e. The van der Waals surface area contributed by atoms with Crippen LogP contribution in [0.4, 0.5) is 0 Å². The van der Waals surface area contributed by atoms with Gasteiger partial charge in [-0.05, 0) is 71.3 Å². The van der Waals surface area contributed by atoms with Gasteiger partial charge in [-0.2, -0.15) is 0 Å². The molecule has 0 aliphatic carbocycles. The Kier molecular flexibility index (Phi) is 7.55. The summed E-state index contributed by atoms with van der Waals surface area (Å²) in [6.07, 6.45) is 2.14. The average molecular weight is 479 g/mol. The zero-order valence-electron chi connectivity index (χ0n) is 20.8. The summed E-state index contributed by atoms with van der Waals surface area (Å²) >= 11 is 0. The Morgan fingerprint density at radius 3 is 2.17 bits per heavy atom. The molecule has 0 N–H and O–H groups in total. The third kappa shape index (κ3) is 6.09. The lowest BCUT2D eigenvalue weighted by Gasteiger charge is -2.32. The van der Waals surface area contributed by atoms with E-state index in [9.17, 15) is 14.4 Å². The smallest absolute Gasteiger partial charge is 0.309 e. The summed E-state index contributed by atoms with van der Waals surface area (Å²) in [6, 6.07) is 14.9. The molecule has 35 heavy (non-hydrogen) atoms. The van der Waals surface area contributed by atoms with E-state index in [2.05, 4.69) is 11.0 Å². The van der Waals surface area contributed by atoms with E-state index in [4.69, 9.17) is 9.47 Å². The van der Waals surface area contributed by atoms with E-state index in [1.807, 2.05) is 39.0 Å². The lowest BCUT2D eigenvalue weighted by atomic mass is 9.96. The molecule has 2 aromatic rings. The first-order valence-electron chi connectivity index (χ1n) is 12.3. The molecule has 1 fully saturated rings. The number of likely N-dealkylation sites (tertiary alicyclic amines) is 1. The van der Waals surface area contributed by atoms with Crippen molar-refractivity contribution in [3.8, 4) is 5.75 Å². The number of esters is 1. The average Bonchev–Trinajstić information content (AvgIpc) is 3.07. The molecule has 0 unspecified atom stereocenters. The van der Waals surface area contributed by atoms with Crippen LogP contribution in [0.1, 0.15) is 66.3 Å². The van der Waals surface area contributed by atoms with Crippen molar-refractivity contribution < 1.29 is 23.9 Å². The fraction of sp³-hybridized carbons (Fsp3) is 0.464. The van der Waals surface area contributed by atoms with Crippen molar-refractivity contribution in [3.63, 3.8) is 0 Å². The molecular weight excluding hydrogens is 444 g/mol. The Labute approximate surface area is 207 Å². The van der Waals surface area contributed by atoms with Crippen molar-refractivity contribution in [1.82, 2.24) is 9.80 Å². The second-order valence-electron chi connectivity index (χ2n) is 10.2. The number of amides is 2. The predicted molar refractivity (Wildman–Crippen MR) is 132 cm³/mol. The predicted octanol–water partition coefficient (Wildman–Crippen LogP) is 4.31. The van der Waals surface area contributed by atoms with Crippen LogP contribution in [0.25, 0.3) is 0 Å². The standard InChI is InChI=1S/C28H34N2O5/c1-28(2,3)35-27(33)20-13-16-29(17-14-20)19-21-9-4-7-12-24(21)34-18-8-15-30-25(31)22-10-5-6-11-23(22)26(30)32/h4-7,9-12,20H,8,13-19H2,1-3H3. The third-order valence-corrected chi connectivity index (χ3v) is 6.36. The van der Waals surface area contributed by atoms with Gasteiger partial charge in [0, 0.05) is 18.7 Å². The summed E-state index contributed by atoms with van der Waals surface area (Å²) in [7, 11) is 0. The van der Waals surface area contributed by atoms with Gasteiger partial charge in [-0.1, -0.05) is 30.3 Å². The highest BCUT2D eigenvalue weighted by Gasteiger charge is 2.34. The number of benzene rings is 2. The zero-order chi connectivity index (χ0) is 25.0. The fourth-order valence-electron chi connectivity index (χ4n) is 4.58. The van der Waals surface area contributed by atoms with Crippen molar-refractivity contribution in [3.05, 3.63) is 65.2 Å². The largest absolute Gasteiger partial charge is 0.493 e. The second kappa shape index (κ2) is 10.6. The molecule has 0 saturated carbocycles. The van der Waals surface area contributed by atoms with E-state index in [0.29, 0.717) is 30.7 Å². The summed E-state index contributed by atoms with van der Waals surface area (Å²) in [6.45, 7) is 8.84. The molecule has 2 amide bonds. The Morgan fingerprint density at radius 1 is 0.943 bits per heavy atom. The molecule has 4 rings (SSSR count). The van der Waals surface area contributed by atoms with Gasteiger partial charge in [-0.25, -0.2) is 0 Å². The Balaban J connectivity index is 1.25. The van der Waals surface area contributed by atoms with Gasteiger partial charge < -0.3 is 9.47 Å². The number of carbonyl (C=O) groups excluding carboxylic acids is 3. The highest BCUT2D eigenvalue weighted by Crippen LogP contribution is 2.26. The van der Waals surface area contributed by atoms with Crippen LogP contribution in [0.3, 0.4) is 0 Å². The maximum Gasteiger partial charge on any atom is 0.309 e. The van der Waals surface area contributed by atoms with Crippen molar-refractivity contribution in [2.45, 2.75) is 52.2 Å². The number of hydrogen-bond acceptors (Lipinski definition) is 6. The van der Waals surface area contributed by atoms with Crippen LogP contribution >= 0.6 is 0 Å². The molecule has 2 aliphatic heterocycles. The molecule has 1 saturated heterocycles. The van der Waals surface area contributed by atoms with Crippen LogP contribution in [0, 0.1) is 5.92 Å². The Hall–Kier alpha value is -3.19. The van der Waals surface area contributed by atoms with Crippen LogP contribution in [0.2, 0.25) is 0 Å². The van der Waals surface area contributed by atoms with Gasteiger partial charge >= 0.3 is 5.97 Å². The SMILES string of the molecule is CC(C)(C)OC(=O)C1CCN(Cc2ccccc2OCCCN2C(=O)c3ccccc3C2=O)CC1. The molecule has 2 aliphatic rings. The summed E-state index contributed by atoms with van der Waals surface area (Å²) in [5.74, 6) is 0.198. The Bertz CT molecular complexity index is 1050. The molecule has 2 heterocycles. The third-order valence-electron chi connectivity index (χ3n) is 6.36. The summed E-state index contributed by atoms with van der Waals surface area (Å²) < 4.78 is 11.6. The van der Waals surface area contributed by atoms with Gasteiger partial charge in [0.05, 0.1) is 23.7 Å². The highest BCUT2D eigenvalue weighted by atomic mass is 16.6. The molecule has 0 bridgehead atoms. The van der Waals surface area contributed by atoms with Gasteiger partial charge in [-0.15, -0.1) is 0 Å². The molecule has 7 nitrogen and oxygen atoms in total. The molecule has 0 radical (unpaired) electrons. The molecule has 0 aromatic heterocycles. The van der Waals surface area contributed by atoms with E-state index >= 15 is 0 Å². The van der Waals surface area contributed by atoms with Crippen LogP contribution in [-0.2, 0) is 16.1 Å². The number of nitrogens with zero attached hydrogens (tertiary/aromatic N) is 2. The van der Waals surface area contributed by atoms with Crippen LogP contribution in [0.15, 0.2) is 48.5 Å². The van der Waals surface area contributed by atoms with E-state index in [1.54, 1.807) is 24.3 Å². The van der Waals surface area contributed by atoms with Crippen LogP contribution < -0.4 is 4.74 Å². The quantitative estimate of drug-likeness (QED) is 0.320. The van der Waals surface area contributed by atoms with Gasteiger partial charge in [0.15, 0.2) is 0 Å². The monoisotopic (exact) mass is 478 g/mol. The maximum atomic E-state index is 12.5. The number of para-hydroxylation sites is 1. The van der Waals surface area contributed by atoms with E-state index in [0.717, 1.165) is 43.8 Å². The molecule has 0 atom stereocenters. The first kappa shape index (κ1) is 24.9. The number of rotatable bonds is 8. The van der Waals surface area contributed by atoms with E-state index < -0.39 is 5.60 Å². The lowest BCUT2D eigenvalue weighted by molar-refractivity contribution is -0.161. The molecule has 2 aromatic carbocycles. The van der Waals surface area contributed by atoms with Gasteiger partial charge in [0.1, 0.15) is 11.4 Å². The van der Waals surface area contributed by atoms with Gasteiger partial charge in [0.25, 0.3) is 11.8 Å². The van der Waals surface area contributed by atoms with Crippen molar-refractivity contribution >= 4 is 17.8 Å². The highest BCUT2D eigenvalue weighted by molar-refractivity contribution is 6.21. The molecule has 7 heteroatoms. The second-order valence-corrected chi connectivity index (χ2v) is 10.2. The van der Waals surface area contributed by atoms with Crippen molar-refractivity contribution in [2.24, 2.45) is 5.92 Å². The topological polar surface area (TPSA) is 76.2 Å². The summed E-state index contributed by atoms with van der Waals surface area (Å²) in [4.78, 5) is 41.0. The van der Waals surface area contributed by atoms with E-state index in [-0.39, 0.29) is 23.7 Å². The number of piperidine rings is 1. The van der Waals surface area contributed by atoms with Crippen molar-refractivity contribution in [2.75, 3.05) is 26.2 Å². The summed E-state index contributed by atoms with van der Waals surface area (Å²) in [5, 5.41) is 0. The Morgan fingerprint density at radius 2 is 1.54 bits per heavy atom. The van der Waals surface area contributed by atoms with Crippen molar-refractivity contribution in [1.29, 1.82) is 0 Å². The summed E-state index contributed by atoms with van der Waals surface area (Å²) in [5.41, 5.74) is 1.58. The minimum absolute atomic E-state index is 0.0425. The molecule has 186 valence electrons. The zero-order valence-corrected chi connectivity index (χ0v) is 20.8. The van der Waals surface area contributed by atoms with Crippen LogP contribution in [-0.4, -0.2) is 59.4 Å². The fourth-order valence-corrected chi connectivity index (χ4v) is 4.58. The first-order valence-corrected chi connectivity index (χ1v) is 12.3. The number of fused-ring (bicyclic) bond motifs is 1. The van der Waals surface area contributed by atoms with E-state index in [1.165, 1.54) is 4.90 Å². The molecular formula is C28H34N2O5. The number of ether oxygens (including phenoxy) is 2. The lowest BCUT2D eigenvalue weighted by Crippen LogP contribution is -2.38. The minimum atomic E-state index is -0.455. The number of hydrogen-bond donors (Lipinski definition) is 0. The normalized spacial score (nSPS) is 16.9. The maximum absolute atomic E-state index is 12.5. The van der Waals surface area contributed by atoms with Crippen LogP contribution in [0.5, 0.6) is 5.75 Å². The van der Waals surface area contributed by atoms with Gasteiger partial charge in [-0.3, -0.25) is 24.2 Å².